The molecule has 0 bridgehead atoms. The van der Waals surface area contributed by atoms with Gasteiger partial charge in [-0.05, 0) is 36.2 Å². The quantitative estimate of drug-likeness (QED) is 0.856. The number of rotatable bonds is 4. The number of ketones is 1. The molecule has 3 nitrogen and oxygen atoms in total. The van der Waals surface area contributed by atoms with Crippen LogP contribution in [0.4, 0.5) is 8.78 Å². The molecule has 0 aliphatic heterocycles. The predicted octanol–water partition coefficient (Wildman–Crippen LogP) is 3.96. The van der Waals surface area contributed by atoms with Gasteiger partial charge >= 0.3 is 5.92 Å². The fourth-order valence-electron chi connectivity index (χ4n) is 2.74. The van der Waals surface area contributed by atoms with Gasteiger partial charge in [-0.15, -0.1) is 0 Å². The Morgan fingerprint density at radius 3 is 2.48 bits per heavy atom. The fraction of sp³-hybridized carbons (Fsp3) is 0.278. The number of Topliss-reactive ketones (excluding diaryl/α,β-unsaturated/α-hetero) is 1. The van der Waals surface area contributed by atoms with Crippen LogP contribution in [-0.2, 0) is 13.0 Å². The minimum atomic E-state index is -3.34. The molecule has 2 aromatic carbocycles. The Balaban J connectivity index is 1.84. The molecule has 5 heteroatoms. The van der Waals surface area contributed by atoms with Crippen LogP contribution in [0.15, 0.2) is 36.4 Å². The Labute approximate surface area is 132 Å². The van der Waals surface area contributed by atoms with E-state index in [0.717, 1.165) is 11.3 Å². The number of alkyl halides is 2. The number of hydrogen-bond donors (Lipinski definition) is 0. The van der Waals surface area contributed by atoms with E-state index in [1.807, 2.05) is 12.1 Å². The van der Waals surface area contributed by atoms with Crippen LogP contribution in [0.5, 0.6) is 11.5 Å². The number of carbonyl (C=O) groups is 1. The van der Waals surface area contributed by atoms with Crippen molar-refractivity contribution in [3.63, 3.8) is 0 Å². The molecule has 0 heterocycles. The first-order valence-corrected chi connectivity index (χ1v) is 7.23. The molecule has 3 rings (SSSR count). The maximum atomic E-state index is 13.7. The van der Waals surface area contributed by atoms with Crippen molar-refractivity contribution in [2.75, 3.05) is 7.11 Å². The zero-order valence-electron chi connectivity index (χ0n) is 12.9. The fourth-order valence-corrected chi connectivity index (χ4v) is 2.74. The van der Waals surface area contributed by atoms with Crippen LogP contribution in [0.2, 0.25) is 0 Å². The Morgan fingerprint density at radius 1 is 1.13 bits per heavy atom. The van der Waals surface area contributed by atoms with Gasteiger partial charge in [0.2, 0.25) is 5.78 Å². The maximum absolute atomic E-state index is 13.7. The summed E-state index contributed by atoms with van der Waals surface area (Å²) in [5.41, 5.74) is 1.84. The highest BCUT2D eigenvalue weighted by molar-refractivity contribution is 6.07. The van der Waals surface area contributed by atoms with Crippen LogP contribution >= 0.6 is 0 Å². The lowest BCUT2D eigenvalue weighted by atomic mass is 10.0. The average Bonchev–Trinajstić information content (AvgIpc) is 2.78. The summed E-state index contributed by atoms with van der Waals surface area (Å²) in [6, 6.07) is 10.6. The number of fused-ring (bicyclic) bond motifs is 1. The minimum Gasteiger partial charge on any atom is -0.497 e. The van der Waals surface area contributed by atoms with Gasteiger partial charge in [-0.1, -0.05) is 18.2 Å². The van der Waals surface area contributed by atoms with Gasteiger partial charge in [-0.3, -0.25) is 4.79 Å². The lowest BCUT2D eigenvalue weighted by molar-refractivity contribution is 0.0165. The first-order valence-electron chi connectivity index (χ1n) is 7.23. The average molecular weight is 318 g/mol. The summed E-state index contributed by atoms with van der Waals surface area (Å²) in [5.74, 6) is -3.38. The Bertz CT molecular complexity index is 752. The summed E-state index contributed by atoms with van der Waals surface area (Å²) in [4.78, 5) is 11.8. The van der Waals surface area contributed by atoms with Crippen molar-refractivity contribution in [3.8, 4) is 11.5 Å². The first-order chi connectivity index (χ1) is 10.9. The Hall–Kier alpha value is -2.43. The monoisotopic (exact) mass is 318 g/mol. The number of benzene rings is 2. The Kier molecular flexibility index (Phi) is 3.80. The second-order valence-electron chi connectivity index (χ2n) is 5.58. The molecule has 1 aliphatic rings. The third-order valence-corrected chi connectivity index (χ3v) is 3.99. The second kappa shape index (κ2) is 5.65. The van der Waals surface area contributed by atoms with Crippen molar-refractivity contribution in [2.24, 2.45) is 0 Å². The van der Waals surface area contributed by atoms with Crippen molar-refractivity contribution in [3.05, 3.63) is 58.7 Å². The number of methoxy groups -OCH3 is 1. The summed E-state index contributed by atoms with van der Waals surface area (Å²) in [6.45, 7) is 1.89. The molecule has 1 aliphatic carbocycles. The lowest BCUT2D eigenvalue weighted by Crippen LogP contribution is -2.24. The van der Waals surface area contributed by atoms with E-state index >= 15 is 0 Å². The molecule has 0 atom stereocenters. The van der Waals surface area contributed by atoms with Gasteiger partial charge in [-0.2, -0.15) is 8.78 Å². The molecule has 0 N–H and O–H groups in total. The zero-order chi connectivity index (χ0) is 16.6. The number of ether oxygens (including phenoxy) is 2. The van der Waals surface area contributed by atoms with Crippen LogP contribution in [0.1, 0.15) is 27.0 Å². The minimum absolute atomic E-state index is 0.0993. The summed E-state index contributed by atoms with van der Waals surface area (Å²) in [5, 5.41) is 0. The van der Waals surface area contributed by atoms with Crippen molar-refractivity contribution in [1.82, 2.24) is 0 Å². The standard InChI is InChI=1S/C18H16F2O3/c1-11-3-8-15(14-9-18(19,20)17(21)16(11)14)23-10-12-4-6-13(22-2)7-5-12/h3-8H,9-10H2,1-2H3. The molecular formula is C18H16F2O3. The van der Waals surface area contributed by atoms with E-state index in [-0.39, 0.29) is 12.2 Å². The molecule has 120 valence electrons. The molecular weight excluding hydrogens is 302 g/mol. The van der Waals surface area contributed by atoms with E-state index in [2.05, 4.69) is 0 Å². The second-order valence-corrected chi connectivity index (χ2v) is 5.58. The smallest absolute Gasteiger partial charge is 0.313 e. The van der Waals surface area contributed by atoms with Crippen molar-refractivity contribution < 1.29 is 23.0 Å². The van der Waals surface area contributed by atoms with Gasteiger partial charge in [-0.25, -0.2) is 0 Å². The molecule has 0 amide bonds. The number of hydrogen-bond acceptors (Lipinski definition) is 3. The highest BCUT2D eigenvalue weighted by atomic mass is 19.3. The predicted molar refractivity (Wildman–Crippen MR) is 81.5 cm³/mol. The van der Waals surface area contributed by atoms with Crippen LogP contribution in [0, 0.1) is 6.92 Å². The highest BCUT2D eigenvalue weighted by Crippen LogP contribution is 2.40. The van der Waals surface area contributed by atoms with E-state index < -0.39 is 18.1 Å². The van der Waals surface area contributed by atoms with Crippen molar-refractivity contribution >= 4 is 5.78 Å². The molecule has 0 unspecified atom stereocenters. The molecule has 0 radical (unpaired) electrons. The van der Waals surface area contributed by atoms with Gasteiger partial charge in [0.25, 0.3) is 0 Å². The molecule has 0 spiro atoms. The number of halogens is 2. The van der Waals surface area contributed by atoms with Gasteiger partial charge < -0.3 is 9.47 Å². The van der Waals surface area contributed by atoms with E-state index in [0.29, 0.717) is 16.9 Å². The van der Waals surface area contributed by atoms with E-state index in [4.69, 9.17) is 9.47 Å². The summed E-state index contributed by atoms with van der Waals surface area (Å²) in [6.07, 6.45) is -0.596. The van der Waals surface area contributed by atoms with Gasteiger partial charge in [0.05, 0.1) is 7.11 Å². The number of aryl methyl sites for hydroxylation is 1. The lowest BCUT2D eigenvalue weighted by Gasteiger charge is -2.12. The molecule has 23 heavy (non-hydrogen) atoms. The van der Waals surface area contributed by atoms with Gasteiger partial charge in [0.15, 0.2) is 0 Å². The van der Waals surface area contributed by atoms with E-state index in [1.165, 1.54) is 0 Å². The van der Waals surface area contributed by atoms with Crippen LogP contribution < -0.4 is 9.47 Å². The summed E-state index contributed by atoms with van der Waals surface area (Å²) < 4.78 is 38.2. The molecule has 2 aromatic rings. The van der Waals surface area contributed by atoms with Crippen LogP contribution in [0.3, 0.4) is 0 Å². The van der Waals surface area contributed by atoms with Crippen LogP contribution in [-0.4, -0.2) is 18.8 Å². The maximum Gasteiger partial charge on any atom is 0.313 e. The van der Waals surface area contributed by atoms with Gasteiger partial charge in [0.1, 0.15) is 18.1 Å². The van der Waals surface area contributed by atoms with E-state index in [9.17, 15) is 13.6 Å². The van der Waals surface area contributed by atoms with Crippen LogP contribution in [0.25, 0.3) is 0 Å². The molecule has 0 fully saturated rings. The Morgan fingerprint density at radius 2 is 1.83 bits per heavy atom. The third-order valence-electron chi connectivity index (χ3n) is 3.99. The third kappa shape index (κ3) is 2.79. The summed E-state index contributed by atoms with van der Waals surface area (Å²) >= 11 is 0. The van der Waals surface area contributed by atoms with E-state index in [1.54, 1.807) is 38.3 Å². The normalized spacial score (nSPS) is 15.4. The highest BCUT2D eigenvalue weighted by Gasteiger charge is 2.48. The molecule has 0 saturated heterocycles. The largest absolute Gasteiger partial charge is 0.497 e. The first kappa shape index (κ1) is 15.5. The van der Waals surface area contributed by atoms with Crippen molar-refractivity contribution in [2.45, 2.75) is 25.9 Å². The molecule has 0 saturated carbocycles. The topological polar surface area (TPSA) is 35.5 Å². The zero-order valence-corrected chi connectivity index (χ0v) is 12.9. The van der Waals surface area contributed by atoms with Gasteiger partial charge in [0, 0.05) is 17.5 Å². The molecule has 0 aromatic heterocycles. The SMILES string of the molecule is COc1ccc(COc2ccc(C)c3c2CC(F)(F)C3=O)cc1. The number of carbonyl (C=O) groups excluding carboxylic acids is 1. The van der Waals surface area contributed by atoms with Crippen molar-refractivity contribution in [1.29, 1.82) is 0 Å². The summed E-state index contributed by atoms with van der Waals surface area (Å²) in [7, 11) is 1.58.